The predicted molar refractivity (Wildman–Crippen MR) is 51.7 cm³/mol. The van der Waals surface area contributed by atoms with Crippen molar-refractivity contribution in [2.45, 2.75) is 24.5 Å². The van der Waals surface area contributed by atoms with Crippen molar-refractivity contribution in [1.82, 2.24) is 10.6 Å². The van der Waals surface area contributed by atoms with Crippen LogP contribution in [0.2, 0.25) is 0 Å². The van der Waals surface area contributed by atoms with Crippen LogP contribution in [0.5, 0.6) is 0 Å². The maximum Gasteiger partial charge on any atom is 0.124 e. The van der Waals surface area contributed by atoms with E-state index in [2.05, 4.69) is 16.7 Å². The number of nitrogens with one attached hydrogen (secondary N) is 2. The van der Waals surface area contributed by atoms with Crippen molar-refractivity contribution in [2.24, 2.45) is 0 Å². The van der Waals surface area contributed by atoms with Crippen LogP contribution in [-0.4, -0.2) is 16.7 Å². The number of hydrogen-bond donors (Lipinski definition) is 3. The van der Waals surface area contributed by atoms with E-state index >= 15 is 0 Å². The quantitative estimate of drug-likeness (QED) is 0.551. The van der Waals surface area contributed by atoms with Gasteiger partial charge >= 0.3 is 0 Å². The third kappa shape index (κ3) is 1.60. The van der Waals surface area contributed by atoms with E-state index in [-0.39, 0.29) is 6.04 Å². The summed E-state index contributed by atoms with van der Waals surface area (Å²) in [4.78, 5) is 0. The first-order valence-corrected chi connectivity index (χ1v) is 4.56. The maximum absolute atomic E-state index is 10.2. The van der Waals surface area contributed by atoms with Gasteiger partial charge in [-0.15, -0.1) is 0 Å². The summed E-state index contributed by atoms with van der Waals surface area (Å²) >= 11 is 0. The Hall–Kier alpha value is -1.22. The fourth-order valence-electron chi connectivity index (χ4n) is 1.69. The van der Waals surface area contributed by atoms with Gasteiger partial charge in [0.1, 0.15) is 5.60 Å². The second-order valence-corrected chi connectivity index (χ2v) is 3.42. The van der Waals surface area contributed by atoms with Crippen molar-refractivity contribution in [2.75, 3.05) is 0 Å². The van der Waals surface area contributed by atoms with Crippen molar-refractivity contribution in [3.8, 4) is 0 Å². The lowest BCUT2D eigenvalue weighted by atomic mass is 9.88. The minimum absolute atomic E-state index is 0.0899. The first-order valence-electron chi connectivity index (χ1n) is 4.56. The fourth-order valence-corrected chi connectivity index (χ4v) is 1.69. The summed E-state index contributed by atoms with van der Waals surface area (Å²) in [5.41, 5.74) is -0.837. The first-order chi connectivity index (χ1) is 6.31. The topological polar surface area (TPSA) is 44.3 Å². The molecule has 0 aliphatic carbocycles. The zero-order valence-corrected chi connectivity index (χ0v) is 7.40. The molecule has 3 heteroatoms. The van der Waals surface area contributed by atoms with Gasteiger partial charge in [0.15, 0.2) is 0 Å². The monoisotopic (exact) mass is 178 g/mol. The van der Waals surface area contributed by atoms with Crippen molar-refractivity contribution in [1.29, 1.82) is 0 Å². The largest absolute Gasteiger partial charge is 0.385 e. The second-order valence-electron chi connectivity index (χ2n) is 3.42. The van der Waals surface area contributed by atoms with Gasteiger partial charge in [-0.1, -0.05) is 6.08 Å². The Morgan fingerprint density at radius 2 is 2.00 bits per heavy atom. The number of dihydropyridines is 1. The molecule has 0 aromatic heterocycles. The summed E-state index contributed by atoms with van der Waals surface area (Å²) in [7, 11) is 0. The molecule has 2 aliphatic heterocycles. The summed E-state index contributed by atoms with van der Waals surface area (Å²) in [5.74, 6) is 0. The van der Waals surface area contributed by atoms with E-state index in [9.17, 15) is 5.11 Å². The van der Waals surface area contributed by atoms with E-state index in [0.29, 0.717) is 0 Å². The van der Waals surface area contributed by atoms with Gasteiger partial charge in [0.2, 0.25) is 0 Å². The highest BCUT2D eigenvalue weighted by Crippen LogP contribution is 2.22. The molecule has 0 saturated carbocycles. The smallest absolute Gasteiger partial charge is 0.124 e. The van der Waals surface area contributed by atoms with E-state index in [1.165, 1.54) is 0 Å². The Balaban J connectivity index is 2.13. The van der Waals surface area contributed by atoms with Gasteiger partial charge in [0, 0.05) is 0 Å². The molecule has 0 amide bonds. The normalized spacial score (nSPS) is 29.5. The van der Waals surface area contributed by atoms with E-state index in [4.69, 9.17) is 0 Å². The molecule has 70 valence electrons. The summed E-state index contributed by atoms with van der Waals surface area (Å²) in [6.07, 6.45) is 13.1. The standard InChI is InChI=1S/C10H14N2O/c13-10(4-7-11-8-5-10)9-3-1-2-6-12-9/h2,4-9,11-13H,1,3H2. The molecular weight excluding hydrogens is 164 g/mol. The molecule has 2 aliphatic rings. The third-order valence-electron chi connectivity index (χ3n) is 2.49. The molecule has 2 rings (SSSR count). The summed E-state index contributed by atoms with van der Waals surface area (Å²) in [6, 6.07) is 0.0899. The molecule has 0 saturated heterocycles. The van der Waals surface area contributed by atoms with Crippen LogP contribution < -0.4 is 10.6 Å². The molecule has 1 atom stereocenters. The van der Waals surface area contributed by atoms with E-state index in [1.807, 2.05) is 6.20 Å². The number of allylic oxidation sites excluding steroid dienone is 1. The van der Waals surface area contributed by atoms with Gasteiger partial charge in [-0.25, -0.2) is 0 Å². The highest BCUT2D eigenvalue weighted by Gasteiger charge is 2.32. The van der Waals surface area contributed by atoms with Crippen LogP contribution in [0.25, 0.3) is 0 Å². The second kappa shape index (κ2) is 3.26. The van der Waals surface area contributed by atoms with Crippen LogP contribution in [0, 0.1) is 0 Å². The van der Waals surface area contributed by atoms with E-state index in [1.54, 1.807) is 24.6 Å². The van der Waals surface area contributed by atoms with Crippen molar-refractivity contribution < 1.29 is 5.11 Å². The van der Waals surface area contributed by atoms with Gasteiger partial charge < -0.3 is 15.7 Å². The molecule has 0 aromatic rings. The van der Waals surface area contributed by atoms with Crippen LogP contribution in [-0.2, 0) is 0 Å². The minimum atomic E-state index is -0.837. The first kappa shape index (κ1) is 8.38. The van der Waals surface area contributed by atoms with Gasteiger partial charge in [-0.05, 0) is 43.6 Å². The summed E-state index contributed by atoms with van der Waals surface area (Å²) in [5, 5.41) is 16.3. The predicted octanol–water partition coefficient (Wildman–Crippen LogP) is 0.614. The Labute approximate surface area is 77.8 Å². The number of rotatable bonds is 1. The highest BCUT2D eigenvalue weighted by molar-refractivity contribution is 5.23. The lowest BCUT2D eigenvalue weighted by molar-refractivity contribution is 0.0935. The highest BCUT2D eigenvalue weighted by atomic mass is 16.3. The summed E-state index contributed by atoms with van der Waals surface area (Å²) < 4.78 is 0. The molecule has 0 aromatic carbocycles. The van der Waals surface area contributed by atoms with Crippen LogP contribution in [0.1, 0.15) is 12.8 Å². The average Bonchev–Trinajstić information content (AvgIpc) is 2.20. The SMILES string of the molecule is OC1(C2CCC=CN2)C=CNC=C1. The zero-order valence-electron chi connectivity index (χ0n) is 7.40. The lowest BCUT2D eigenvalue weighted by Crippen LogP contribution is -2.48. The van der Waals surface area contributed by atoms with Gasteiger partial charge in [-0.2, -0.15) is 0 Å². The molecule has 2 heterocycles. The Kier molecular flexibility index (Phi) is 2.10. The van der Waals surface area contributed by atoms with Gasteiger partial charge in [-0.3, -0.25) is 0 Å². The molecule has 0 fully saturated rings. The van der Waals surface area contributed by atoms with E-state index in [0.717, 1.165) is 12.8 Å². The van der Waals surface area contributed by atoms with Crippen LogP contribution in [0.4, 0.5) is 0 Å². The van der Waals surface area contributed by atoms with Crippen LogP contribution in [0.15, 0.2) is 36.8 Å². The fraction of sp³-hybridized carbons (Fsp3) is 0.400. The summed E-state index contributed by atoms with van der Waals surface area (Å²) in [6.45, 7) is 0. The third-order valence-corrected chi connectivity index (χ3v) is 2.49. The van der Waals surface area contributed by atoms with Crippen LogP contribution >= 0.6 is 0 Å². The molecule has 0 radical (unpaired) electrons. The van der Waals surface area contributed by atoms with Crippen molar-refractivity contribution in [3.63, 3.8) is 0 Å². The molecule has 0 bridgehead atoms. The molecule has 1 unspecified atom stereocenters. The van der Waals surface area contributed by atoms with Gasteiger partial charge in [0.05, 0.1) is 6.04 Å². The molecular formula is C10H14N2O. The number of hydrogen-bond acceptors (Lipinski definition) is 3. The zero-order chi connectivity index (χ0) is 9.15. The maximum atomic E-state index is 10.2. The lowest BCUT2D eigenvalue weighted by Gasteiger charge is -2.34. The molecule has 3 nitrogen and oxygen atoms in total. The van der Waals surface area contributed by atoms with Crippen molar-refractivity contribution in [3.05, 3.63) is 36.8 Å². The van der Waals surface area contributed by atoms with E-state index < -0.39 is 5.60 Å². The Bertz CT molecular complexity index is 256. The van der Waals surface area contributed by atoms with Crippen molar-refractivity contribution >= 4 is 0 Å². The van der Waals surface area contributed by atoms with Gasteiger partial charge in [0.25, 0.3) is 0 Å². The average molecular weight is 178 g/mol. The Morgan fingerprint density at radius 1 is 1.23 bits per heavy atom. The minimum Gasteiger partial charge on any atom is -0.385 e. The molecule has 3 N–H and O–H groups in total. The number of aliphatic hydroxyl groups is 1. The Morgan fingerprint density at radius 3 is 2.62 bits per heavy atom. The molecule has 13 heavy (non-hydrogen) atoms. The molecule has 0 spiro atoms. The van der Waals surface area contributed by atoms with Crippen LogP contribution in [0.3, 0.4) is 0 Å².